The largest absolute Gasteiger partial charge is 0.336 e. The summed E-state index contributed by atoms with van der Waals surface area (Å²) in [6.45, 7) is 1.71. The highest BCUT2D eigenvalue weighted by molar-refractivity contribution is 6.31. The zero-order valence-corrected chi connectivity index (χ0v) is 15.7. The van der Waals surface area contributed by atoms with Gasteiger partial charge in [0.05, 0.1) is 12.5 Å². The number of halogens is 2. The van der Waals surface area contributed by atoms with Gasteiger partial charge in [0, 0.05) is 30.3 Å². The minimum absolute atomic E-state index is 0. The molecule has 0 aliphatic carbocycles. The maximum Gasteiger partial charge on any atom is 0.240 e. The molecule has 1 saturated heterocycles. The first-order valence-corrected chi connectivity index (χ1v) is 8.62. The van der Waals surface area contributed by atoms with E-state index in [1.165, 1.54) is 0 Å². The molecule has 0 radical (unpaired) electrons. The predicted molar refractivity (Wildman–Crippen MR) is 106 cm³/mol. The molecule has 3 rings (SSSR count). The number of hydrogen-bond donors (Lipinski definition) is 2. The van der Waals surface area contributed by atoms with E-state index in [-0.39, 0.29) is 30.6 Å². The summed E-state index contributed by atoms with van der Waals surface area (Å²) in [6.07, 6.45) is 0.104. The van der Waals surface area contributed by atoms with Crippen molar-refractivity contribution in [3.8, 4) is 0 Å². The second-order valence-corrected chi connectivity index (χ2v) is 6.38. The number of benzene rings is 2. The maximum absolute atomic E-state index is 12.7. The third-order valence-electron chi connectivity index (χ3n) is 4.15. The van der Waals surface area contributed by atoms with Crippen LogP contribution in [0.1, 0.15) is 12.0 Å². The van der Waals surface area contributed by atoms with E-state index in [4.69, 9.17) is 11.6 Å². The van der Waals surface area contributed by atoms with Crippen molar-refractivity contribution in [2.24, 2.45) is 0 Å². The number of carbonyl (C=O) groups is 2. The molecule has 1 fully saturated rings. The zero-order chi connectivity index (χ0) is 17.6. The van der Waals surface area contributed by atoms with Crippen molar-refractivity contribution in [3.05, 3.63) is 65.2 Å². The van der Waals surface area contributed by atoms with Gasteiger partial charge >= 0.3 is 0 Å². The number of rotatable bonds is 5. The van der Waals surface area contributed by atoms with Crippen LogP contribution in [0.2, 0.25) is 5.02 Å². The Labute approximate surface area is 164 Å². The summed E-state index contributed by atoms with van der Waals surface area (Å²) in [7, 11) is 0. The van der Waals surface area contributed by atoms with Crippen LogP contribution in [-0.4, -0.2) is 35.8 Å². The van der Waals surface area contributed by atoms with Gasteiger partial charge in [-0.25, -0.2) is 0 Å². The molecule has 0 bridgehead atoms. The summed E-state index contributed by atoms with van der Waals surface area (Å²) in [4.78, 5) is 26.6. The van der Waals surface area contributed by atoms with Crippen LogP contribution in [0.25, 0.3) is 0 Å². The molecule has 1 atom stereocenters. The highest BCUT2D eigenvalue weighted by Gasteiger charge is 2.30. The fraction of sp³-hybridized carbons (Fsp3) is 0.263. The van der Waals surface area contributed by atoms with E-state index < -0.39 is 6.04 Å². The van der Waals surface area contributed by atoms with Crippen LogP contribution >= 0.6 is 24.0 Å². The van der Waals surface area contributed by atoms with E-state index >= 15 is 0 Å². The predicted octanol–water partition coefficient (Wildman–Crippen LogP) is 3.09. The van der Waals surface area contributed by atoms with Gasteiger partial charge < -0.3 is 15.5 Å². The van der Waals surface area contributed by atoms with Gasteiger partial charge in [-0.1, -0.05) is 48.0 Å². The van der Waals surface area contributed by atoms with Gasteiger partial charge in [-0.3, -0.25) is 9.59 Å². The van der Waals surface area contributed by atoms with Crippen molar-refractivity contribution in [1.29, 1.82) is 0 Å². The number of nitrogens with zero attached hydrogens (tertiary/aromatic N) is 1. The number of amides is 2. The van der Waals surface area contributed by atoms with E-state index in [2.05, 4.69) is 10.6 Å². The number of carbonyl (C=O) groups excluding carboxylic acids is 2. The SMILES string of the molecule is Cl.O=C(CC1NCCN(Cc2ccccc2Cl)C1=O)Nc1ccccc1. The van der Waals surface area contributed by atoms with Gasteiger partial charge in [0.2, 0.25) is 11.8 Å². The standard InChI is InChI=1S/C19H20ClN3O2.ClH/c20-16-9-5-4-6-14(16)13-23-11-10-21-17(19(23)25)12-18(24)22-15-7-2-1-3-8-15;/h1-9,17,21H,10-13H2,(H,22,24);1H. The van der Waals surface area contributed by atoms with Crippen LogP contribution in [0.3, 0.4) is 0 Å². The lowest BCUT2D eigenvalue weighted by Crippen LogP contribution is -2.55. The van der Waals surface area contributed by atoms with Crippen LogP contribution < -0.4 is 10.6 Å². The first kappa shape index (κ1) is 20.2. The third kappa shape index (κ3) is 5.21. The first-order valence-electron chi connectivity index (χ1n) is 8.24. The summed E-state index contributed by atoms with van der Waals surface area (Å²) in [5.74, 6) is -0.258. The monoisotopic (exact) mass is 393 g/mol. The molecule has 1 unspecified atom stereocenters. The molecule has 0 saturated carbocycles. The topological polar surface area (TPSA) is 61.4 Å². The highest BCUT2D eigenvalue weighted by atomic mass is 35.5. The second-order valence-electron chi connectivity index (χ2n) is 5.98. The van der Waals surface area contributed by atoms with E-state index in [9.17, 15) is 9.59 Å². The highest BCUT2D eigenvalue weighted by Crippen LogP contribution is 2.19. The minimum Gasteiger partial charge on any atom is -0.336 e. The van der Waals surface area contributed by atoms with Crippen LogP contribution in [0, 0.1) is 0 Å². The van der Waals surface area contributed by atoms with E-state index in [0.717, 1.165) is 11.3 Å². The molecular formula is C19H21Cl2N3O2. The number of nitrogens with one attached hydrogen (secondary N) is 2. The Morgan fingerprint density at radius 2 is 1.85 bits per heavy atom. The second kappa shape index (κ2) is 9.57. The summed E-state index contributed by atoms with van der Waals surface area (Å²) >= 11 is 6.18. The van der Waals surface area contributed by atoms with Gasteiger partial charge in [-0.15, -0.1) is 12.4 Å². The molecule has 2 aromatic carbocycles. The van der Waals surface area contributed by atoms with Crippen molar-refractivity contribution < 1.29 is 9.59 Å². The molecule has 1 aliphatic rings. The Bertz CT molecular complexity index is 755. The molecule has 138 valence electrons. The number of piperazine rings is 1. The quantitative estimate of drug-likeness (QED) is 0.820. The van der Waals surface area contributed by atoms with Gasteiger partial charge in [0.15, 0.2) is 0 Å². The van der Waals surface area contributed by atoms with E-state index in [1.807, 2.05) is 54.6 Å². The number of hydrogen-bond acceptors (Lipinski definition) is 3. The molecule has 2 N–H and O–H groups in total. The Morgan fingerprint density at radius 3 is 2.58 bits per heavy atom. The van der Waals surface area contributed by atoms with Gasteiger partial charge in [0.25, 0.3) is 0 Å². The molecule has 0 spiro atoms. The Balaban J connectivity index is 0.00000243. The van der Waals surface area contributed by atoms with Crippen molar-refractivity contribution >= 4 is 41.5 Å². The number of para-hydroxylation sites is 1. The fourth-order valence-corrected chi connectivity index (χ4v) is 3.05. The Hall–Kier alpha value is -2.08. The lowest BCUT2D eigenvalue weighted by atomic mass is 10.1. The molecule has 0 aromatic heterocycles. The molecule has 1 heterocycles. The Kier molecular flexibility index (Phi) is 7.45. The van der Waals surface area contributed by atoms with E-state index in [0.29, 0.717) is 24.7 Å². The van der Waals surface area contributed by atoms with Crippen LogP contribution in [0.4, 0.5) is 5.69 Å². The van der Waals surface area contributed by atoms with Crippen molar-refractivity contribution in [3.63, 3.8) is 0 Å². The molecule has 1 aliphatic heterocycles. The minimum atomic E-state index is -0.514. The fourth-order valence-electron chi connectivity index (χ4n) is 2.86. The molecule has 26 heavy (non-hydrogen) atoms. The van der Waals surface area contributed by atoms with Crippen molar-refractivity contribution in [2.45, 2.75) is 19.0 Å². The molecule has 5 nitrogen and oxygen atoms in total. The average Bonchev–Trinajstić information content (AvgIpc) is 2.61. The number of anilines is 1. The molecule has 2 aromatic rings. The average molecular weight is 394 g/mol. The Morgan fingerprint density at radius 1 is 1.15 bits per heavy atom. The van der Waals surface area contributed by atoms with Crippen LogP contribution in [0.15, 0.2) is 54.6 Å². The lowest BCUT2D eigenvalue weighted by Gasteiger charge is -2.33. The zero-order valence-electron chi connectivity index (χ0n) is 14.2. The van der Waals surface area contributed by atoms with Crippen LogP contribution in [-0.2, 0) is 16.1 Å². The third-order valence-corrected chi connectivity index (χ3v) is 4.52. The summed E-state index contributed by atoms with van der Waals surface area (Å²) in [5.41, 5.74) is 1.63. The lowest BCUT2D eigenvalue weighted by molar-refractivity contribution is -0.138. The van der Waals surface area contributed by atoms with Crippen molar-refractivity contribution in [2.75, 3.05) is 18.4 Å². The molecular weight excluding hydrogens is 373 g/mol. The van der Waals surface area contributed by atoms with E-state index in [1.54, 1.807) is 4.90 Å². The molecule has 2 amide bonds. The van der Waals surface area contributed by atoms with Crippen molar-refractivity contribution in [1.82, 2.24) is 10.2 Å². The normalized spacial score (nSPS) is 16.7. The van der Waals surface area contributed by atoms with Gasteiger partial charge in [-0.2, -0.15) is 0 Å². The summed E-state index contributed by atoms with van der Waals surface area (Å²) in [6, 6.07) is 16.2. The van der Waals surface area contributed by atoms with Crippen LogP contribution in [0.5, 0.6) is 0 Å². The molecule has 7 heteroatoms. The first-order chi connectivity index (χ1) is 12.1. The smallest absolute Gasteiger partial charge is 0.240 e. The van der Waals surface area contributed by atoms with Gasteiger partial charge in [-0.05, 0) is 23.8 Å². The maximum atomic E-state index is 12.7. The summed E-state index contributed by atoms with van der Waals surface area (Å²) < 4.78 is 0. The summed E-state index contributed by atoms with van der Waals surface area (Å²) in [5, 5.41) is 6.59. The van der Waals surface area contributed by atoms with Gasteiger partial charge in [0.1, 0.15) is 0 Å².